The molecule has 5 nitrogen and oxygen atoms in total. The summed E-state index contributed by atoms with van der Waals surface area (Å²) < 4.78 is 6.30. The van der Waals surface area contributed by atoms with E-state index in [-0.39, 0.29) is 17.0 Å². The molecule has 1 aromatic heterocycles. The summed E-state index contributed by atoms with van der Waals surface area (Å²) >= 11 is 0. The Hall–Kier alpha value is -2.56. The van der Waals surface area contributed by atoms with Crippen molar-refractivity contribution in [1.29, 1.82) is 0 Å². The number of piperidine rings is 1. The molecule has 0 bridgehead atoms. The van der Waals surface area contributed by atoms with Crippen LogP contribution in [0, 0.1) is 5.41 Å². The Kier molecular flexibility index (Phi) is 2.80. The topological polar surface area (TPSA) is 57.8 Å². The lowest BCUT2D eigenvalue weighted by Gasteiger charge is -2.55. The molecule has 5 heteroatoms. The SMILES string of the molecule is CC1(C)C2=c3oc4ccccc4c3=CCN2CCC12CC=NC(=O)N2. The number of fused-ring (bicyclic) bond motifs is 4. The third-order valence-electron chi connectivity index (χ3n) is 6.27. The van der Waals surface area contributed by atoms with Crippen LogP contribution in [-0.4, -0.2) is 35.8 Å². The van der Waals surface area contributed by atoms with Gasteiger partial charge in [0.1, 0.15) is 5.58 Å². The predicted molar refractivity (Wildman–Crippen MR) is 97.7 cm³/mol. The van der Waals surface area contributed by atoms with E-state index < -0.39 is 0 Å². The molecule has 25 heavy (non-hydrogen) atoms. The quantitative estimate of drug-likeness (QED) is 0.801. The number of nitrogens with zero attached hydrogens (tertiary/aromatic N) is 2. The number of carbonyl (C=O) groups excluding carboxylic acids is 1. The lowest BCUT2D eigenvalue weighted by atomic mass is 9.63. The fourth-order valence-electron chi connectivity index (χ4n) is 4.78. The summed E-state index contributed by atoms with van der Waals surface area (Å²) in [6.45, 7) is 6.22. The third-order valence-corrected chi connectivity index (χ3v) is 6.27. The van der Waals surface area contributed by atoms with Crippen LogP contribution in [0.15, 0.2) is 33.7 Å². The summed E-state index contributed by atoms with van der Waals surface area (Å²) in [5.41, 5.74) is 2.49. The highest BCUT2D eigenvalue weighted by Gasteiger charge is 2.54. The van der Waals surface area contributed by atoms with E-state index in [0.29, 0.717) is 0 Å². The molecule has 5 rings (SSSR count). The first kappa shape index (κ1) is 14.8. The monoisotopic (exact) mass is 335 g/mol. The van der Waals surface area contributed by atoms with E-state index >= 15 is 0 Å². The number of nitrogens with one attached hydrogen (secondary N) is 1. The molecule has 0 saturated carbocycles. The van der Waals surface area contributed by atoms with Crippen molar-refractivity contribution in [2.75, 3.05) is 13.1 Å². The number of para-hydroxylation sites is 1. The van der Waals surface area contributed by atoms with Crippen LogP contribution in [-0.2, 0) is 0 Å². The maximum atomic E-state index is 12.0. The number of rotatable bonds is 0. The van der Waals surface area contributed by atoms with Gasteiger partial charge in [0.2, 0.25) is 0 Å². The zero-order valence-corrected chi connectivity index (χ0v) is 14.5. The van der Waals surface area contributed by atoms with Crippen LogP contribution in [0.1, 0.15) is 26.7 Å². The molecule has 2 amide bonds. The first-order valence-corrected chi connectivity index (χ1v) is 8.84. The number of benzene rings is 1. The second-order valence-electron chi connectivity index (χ2n) is 7.74. The van der Waals surface area contributed by atoms with Gasteiger partial charge in [0.15, 0.2) is 5.42 Å². The van der Waals surface area contributed by atoms with Crippen LogP contribution in [0.4, 0.5) is 4.79 Å². The highest BCUT2D eigenvalue weighted by atomic mass is 16.3. The molecule has 1 fully saturated rings. The van der Waals surface area contributed by atoms with Gasteiger partial charge in [0.05, 0.1) is 11.2 Å². The van der Waals surface area contributed by atoms with Crippen molar-refractivity contribution < 1.29 is 9.21 Å². The van der Waals surface area contributed by atoms with Gasteiger partial charge >= 0.3 is 6.03 Å². The molecule has 2 aromatic rings. The first-order valence-electron chi connectivity index (χ1n) is 8.84. The largest absolute Gasteiger partial charge is 0.454 e. The van der Waals surface area contributed by atoms with E-state index in [2.05, 4.69) is 41.2 Å². The maximum Gasteiger partial charge on any atom is 0.341 e. The van der Waals surface area contributed by atoms with Crippen molar-refractivity contribution in [3.8, 4) is 0 Å². The first-order chi connectivity index (χ1) is 12.0. The van der Waals surface area contributed by atoms with Crippen LogP contribution < -0.4 is 16.0 Å². The van der Waals surface area contributed by atoms with Gasteiger partial charge in [-0.05, 0) is 12.5 Å². The summed E-state index contributed by atoms with van der Waals surface area (Å²) in [5, 5.41) is 5.53. The van der Waals surface area contributed by atoms with Crippen LogP contribution in [0.5, 0.6) is 0 Å². The molecule has 1 atom stereocenters. The second kappa shape index (κ2) is 4.75. The minimum Gasteiger partial charge on any atom is -0.454 e. The molecule has 1 unspecified atom stereocenters. The Morgan fingerprint density at radius 1 is 1.28 bits per heavy atom. The van der Waals surface area contributed by atoms with E-state index in [4.69, 9.17) is 4.42 Å². The highest BCUT2D eigenvalue weighted by Crippen LogP contribution is 2.48. The van der Waals surface area contributed by atoms with Crippen molar-refractivity contribution in [1.82, 2.24) is 10.2 Å². The lowest BCUT2D eigenvalue weighted by molar-refractivity contribution is 0.104. The molecule has 0 aliphatic carbocycles. The standard InChI is InChI=1S/C20H21N3O2/c1-19(2)17-16-14(13-5-3-4-6-15(13)25-16)7-11-23(17)12-9-20(19)8-10-21-18(24)22-20/h3-7,10H,8-9,11-12H2,1-2H3,(H,22,24). The number of aliphatic imine (C=N–C) groups is 1. The summed E-state index contributed by atoms with van der Waals surface area (Å²) in [7, 11) is 0. The molecule has 1 saturated heterocycles. The van der Waals surface area contributed by atoms with Crippen molar-refractivity contribution in [2.45, 2.75) is 32.2 Å². The molecule has 1 N–H and O–H groups in total. The van der Waals surface area contributed by atoms with Gasteiger partial charge in [-0.15, -0.1) is 0 Å². The molecule has 3 aliphatic heterocycles. The van der Waals surface area contributed by atoms with E-state index in [1.165, 1.54) is 10.9 Å². The van der Waals surface area contributed by atoms with Gasteiger partial charge in [0.25, 0.3) is 0 Å². The molecule has 128 valence electrons. The highest BCUT2D eigenvalue weighted by molar-refractivity contribution is 5.88. The number of furan rings is 1. The smallest absolute Gasteiger partial charge is 0.341 e. The zero-order valence-electron chi connectivity index (χ0n) is 14.5. The number of carbonyl (C=O) groups is 1. The Morgan fingerprint density at radius 3 is 2.96 bits per heavy atom. The van der Waals surface area contributed by atoms with Crippen LogP contribution in [0.2, 0.25) is 0 Å². The third kappa shape index (κ3) is 1.84. The lowest BCUT2D eigenvalue weighted by Crippen LogP contribution is -2.66. The fraction of sp³-hybridized carbons (Fsp3) is 0.400. The zero-order chi connectivity index (χ0) is 17.2. The molecular formula is C20H21N3O2. The number of urea groups is 1. The number of hydrogen-bond acceptors (Lipinski definition) is 3. The van der Waals surface area contributed by atoms with Gasteiger partial charge in [-0.2, -0.15) is 0 Å². The Bertz CT molecular complexity index is 1050. The van der Waals surface area contributed by atoms with Crippen molar-refractivity contribution >= 4 is 35.0 Å². The number of hydrogen-bond donors (Lipinski definition) is 1. The fourth-order valence-corrected chi connectivity index (χ4v) is 4.78. The Balaban J connectivity index is 1.82. The maximum absolute atomic E-state index is 12.0. The molecule has 1 aromatic carbocycles. The molecule has 4 heterocycles. The van der Waals surface area contributed by atoms with Gasteiger partial charge < -0.3 is 14.6 Å². The van der Waals surface area contributed by atoms with Gasteiger partial charge in [0, 0.05) is 41.7 Å². The number of amides is 2. The van der Waals surface area contributed by atoms with E-state index in [1.807, 2.05) is 18.2 Å². The summed E-state index contributed by atoms with van der Waals surface area (Å²) in [4.78, 5) is 18.3. The van der Waals surface area contributed by atoms with Crippen LogP contribution >= 0.6 is 0 Å². The van der Waals surface area contributed by atoms with E-state index in [0.717, 1.165) is 42.3 Å². The molecular weight excluding hydrogens is 314 g/mol. The Labute approximate surface area is 145 Å². The van der Waals surface area contributed by atoms with Gasteiger partial charge in [-0.3, -0.25) is 0 Å². The summed E-state index contributed by atoms with van der Waals surface area (Å²) in [5.74, 6) is 0. The van der Waals surface area contributed by atoms with E-state index in [9.17, 15) is 4.79 Å². The van der Waals surface area contributed by atoms with Crippen LogP contribution in [0.3, 0.4) is 0 Å². The Morgan fingerprint density at radius 2 is 2.12 bits per heavy atom. The van der Waals surface area contributed by atoms with Crippen molar-refractivity contribution in [3.63, 3.8) is 0 Å². The molecule has 1 spiro atoms. The normalized spacial score (nSPS) is 27.0. The van der Waals surface area contributed by atoms with E-state index in [1.54, 1.807) is 6.21 Å². The average Bonchev–Trinajstić information content (AvgIpc) is 2.97. The second-order valence-corrected chi connectivity index (χ2v) is 7.74. The predicted octanol–water partition coefficient (Wildman–Crippen LogP) is 1.99. The summed E-state index contributed by atoms with van der Waals surface area (Å²) in [6, 6.07) is 7.96. The minimum atomic E-state index is -0.314. The van der Waals surface area contributed by atoms with Crippen LogP contribution in [0.25, 0.3) is 22.7 Å². The van der Waals surface area contributed by atoms with Crippen molar-refractivity contribution in [3.05, 3.63) is 34.9 Å². The molecule has 3 aliphatic rings. The van der Waals surface area contributed by atoms with Crippen molar-refractivity contribution in [2.24, 2.45) is 10.4 Å². The van der Waals surface area contributed by atoms with Gasteiger partial charge in [-0.1, -0.05) is 38.1 Å². The molecule has 0 radical (unpaired) electrons. The van der Waals surface area contributed by atoms with Gasteiger partial charge in [-0.25, -0.2) is 9.79 Å². The minimum absolute atomic E-state index is 0.236. The summed E-state index contributed by atoms with van der Waals surface area (Å²) in [6.07, 6.45) is 5.69. The average molecular weight is 335 g/mol.